The van der Waals surface area contributed by atoms with Crippen LogP contribution in [0, 0.1) is 0 Å². The number of Topliss-reactive ketones (excluding diaryl/α,β-unsaturated/α-hetero) is 1. The Morgan fingerprint density at radius 2 is 1.80 bits per heavy atom. The van der Waals surface area contributed by atoms with Gasteiger partial charge in [-0.1, -0.05) is 0 Å². The number of hydrogen-bond acceptors (Lipinski definition) is 3. The molecule has 0 atom stereocenters. The van der Waals surface area contributed by atoms with Crippen molar-refractivity contribution in [1.29, 1.82) is 0 Å². The highest BCUT2D eigenvalue weighted by Gasteiger charge is 2.17. The van der Waals surface area contributed by atoms with E-state index >= 15 is 0 Å². The average molecular weight is 162 g/mol. The van der Waals surface area contributed by atoms with E-state index in [0.29, 0.717) is 12.8 Å². The monoisotopic (exact) mass is 162 g/mol. The molecular formula is C6H10O3S. The predicted molar refractivity (Wildman–Crippen MR) is 37.5 cm³/mol. The molecule has 10 heavy (non-hydrogen) atoms. The van der Waals surface area contributed by atoms with Crippen molar-refractivity contribution in [3.05, 3.63) is 0 Å². The highest BCUT2D eigenvalue weighted by atomic mass is 32.2. The predicted octanol–water partition coefficient (Wildman–Crippen LogP) is 0.154. The van der Waals surface area contributed by atoms with Crippen LogP contribution < -0.4 is 0 Å². The fourth-order valence-corrected chi connectivity index (χ4v) is 2.31. The third-order valence-electron chi connectivity index (χ3n) is 1.60. The molecule has 0 radical (unpaired) electrons. The number of rotatable bonds is 0. The Morgan fingerprint density at radius 3 is 2.50 bits per heavy atom. The lowest BCUT2D eigenvalue weighted by Crippen LogP contribution is -2.08. The SMILES string of the molecule is O=C1CCCS(=O)(=O)CC1. The molecule has 0 saturated carbocycles. The van der Waals surface area contributed by atoms with Gasteiger partial charge in [-0.25, -0.2) is 8.42 Å². The second-order valence-corrected chi connectivity index (χ2v) is 4.85. The van der Waals surface area contributed by atoms with E-state index in [9.17, 15) is 13.2 Å². The standard InChI is InChI=1S/C6H10O3S/c7-6-2-1-4-10(8,9)5-3-6/h1-5H2. The summed E-state index contributed by atoms with van der Waals surface area (Å²) in [4.78, 5) is 10.7. The molecule has 3 nitrogen and oxygen atoms in total. The molecule has 1 aliphatic rings. The first-order valence-corrected chi connectivity index (χ1v) is 5.14. The molecule has 58 valence electrons. The van der Waals surface area contributed by atoms with E-state index in [1.807, 2.05) is 0 Å². The Balaban J connectivity index is 2.66. The van der Waals surface area contributed by atoms with Crippen LogP contribution in [0.4, 0.5) is 0 Å². The molecule has 4 heteroatoms. The molecule has 1 aliphatic heterocycles. The first-order chi connectivity index (χ1) is 4.60. The maximum Gasteiger partial charge on any atom is 0.150 e. The number of carbonyl (C=O) groups is 1. The Labute approximate surface area is 60.3 Å². The molecule has 0 N–H and O–H groups in total. The molecule has 0 spiro atoms. The summed E-state index contributed by atoms with van der Waals surface area (Å²) in [7, 11) is -2.87. The van der Waals surface area contributed by atoms with Crippen molar-refractivity contribution in [3.63, 3.8) is 0 Å². The summed E-state index contributed by atoms with van der Waals surface area (Å²) in [6, 6.07) is 0. The molecular weight excluding hydrogens is 152 g/mol. The van der Waals surface area contributed by atoms with Gasteiger partial charge < -0.3 is 0 Å². The number of ketones is 1. The van der Waals surface area contributed by atoms with Crippen molar-refractivity contribution in [2.75, 3.05) is 11.5 Å². The van der Waals surface area contributed by atoms with E-state index in [1.54, 1.807) is 0 Å². The fourth-order valence-electron chi connectivity index (χ4n) is 0.986. The molecule has 0 aromatic rings. The van der Waals surface area contributed by atoms with Crippen molar-refractivity contribution in [3.8, 4) is 0 Å². The number of hydrogen-bond donors (Lipinski definition) is 0. The first kappa shape index (κ1) is 7.72. The van der Waals surface area contributed by atoms with E-state index in [0.717, 1.165) is 0 Å². The first-order valence-electron chi connectivity index (χ1n) is 3.32. The number of sulfone groups is 1. The van der Waals surface area contributed by atoms with E-state index in [1.165, 1.54) is 0 Å². The van der Waals surface area contributed by atoms with Crippen LogP contribution in [0.1, 0.15) is 19.3 Å². The van der Waals surface area contributed by atoms with Crippen LogP contribution in [-0.4, -0.2) is 25.7 Å². The summed E-state index contributed by atoms with van der Waals surface area (Å²) in [6.07, 6.45) is 1.18. The van der Waals surface area contributed by atoms with Crippen molar-refractivity contribution < 1.29 is 13.2 Å². The molecule has 0 aromatic carbocycles. The third kappa shape index (κ3) is 2.10. The van der Waals surface area contributed by atoms with Gasteiger partial charge in [0.2, 0.25) is 0 Å². The van der Waals surface area contributed by atoms with Gasteiger partial charge in [-0.2, -0.15) is 0 Å². The minimum Gasteiger partial charge on any atom is -0.300 e. The van der Waals surface area contributed by atoms with Crippen LogP contribution in [0.5, 0.6) is 0 Å². The van der Waals surface area contributed by atoms with E-state index < -0.39 is 9.84 Å². The third-order valence-corrected chi connectivity index (χ3v) is 3.34. The van der Waals surface area contributed by atoms with Gasteiger partial charge in [0.1, 0.15) is 5.78 Å². The largest absolute Gasteiger partial charge is 0.300 e. The van der Waals surface area contributed by atoms with Gasteiger partial charge in [0.15, 0.2) is 9.84 Å². The quantitative estimate of drug-likeness (QED) is 0.509. The Hall–Kier alpha value is -0.380. The zero-order chi connectivity index (χ0) is 7.61. The molecule has 1 rings (SSSR count). The summed E-state index contributed by atoms with van der Waals surface area (Å²) < 4.78 is 21.7. The summed E-state index contributed by atoms with van der Waals surface area (Å²) in [5, 5.41) is 0. The Morgan fingerprint density at radius 1 is 1.10 bits per heavy atom. The molecule has 1 fully saturated rings. The van der Waals surface area contributed by atoms with Crippen LogP contribution in [-0.2, 0) is 14.6 Å². The second kappa shape index (κ2) is 2.70. The van der Waals surface area contributed by atoms with Crippen LogP contribution in [0.2, 0.25) is 0 Å². The fraction of sp³-hybridized carbons (Fsp3) is 0.833. The Kier molecular flexibility index (Phi) is 2.08. The lowest BCUT2D eigenvalue weighted by Gasteiger charge is -1.93. The van der Waals surface area contributed by atoms with Crippen molar-refractivity contribution in [1.82, 2.24) is 0 Å². The summed E-state index contributed by atoms with van der Waals surface area (Å²) in [5.41, 5.74) is 0. The van der Waals surface area contributed by atoms with E-state index in [-0.39, 0.29) is 23.7 Å². The minimum atomic E-state index is -2.87. The van der Waals surface area contributed by atoms with E-state index in [4.69, 9.17) is 0 Å². The van der Waals surface area contributed by atoms with Gasteiger partial charge in [-0.3, -0.25) is 4.79 Å². The maximum absolute atomic E-state index is 10.9. The van der Waals surface area contributed by atoms with Crippen LogP contribution >= 0.6 is 0 Å². The van der Waals surface area contributed by atoms with Crippen LogP contribution in [0.25, 0.3) is 0 Å². The molecule has 1 heterocycles. The summed E-state index contributed by atoms with van der Waals surface area (Å²) in [5.74, 6) is 0.339. The lowest BCUT2D eigenvalue weighted by atomic mass is 10.2. The molecule has 0 aromatic heterocycles. The number of carbonyl (C=O) groups excluding carboxylic acids is 1. The van der Waals surface area contributed by atoms with Crippen molar-refractivity contribution in [2.45, 2.75) is 19.3 Å². The van der Waals surface area contributed by atoms with Crippen LogP contribution in [0.15, 0.2) is 0 Å². The average Bonchev–Trinajstić information content (AvgIpc) is 1.94. The molecule has 0 aliphatic carbocycles. The summed E-state index contributed by atoms with van der Waals surface area (Å²) >= 11 is 0. The molecule has 0 amide bonds. The zero-order valence-electron chi connectivity index (χ0n) is 5.67. The second-order valence-electron chi connectivity index (χ2n) is 2.54. The topological polar surface area (TPSA) is 51.2 Å². The molecule has 1 saturated heterocycles. The minimum absolute atomic E-state index is 0.0613. The van der Waals surface area contributed by atoms with Gasteiger partial charge in [0.25, 0.3) is 0 Å². The molecule has 0 unspecified atom stereocenters. The van der Waals surface area contributed by atoms with Gasteiger partial charge in [-0.05, 0) is 6.42 Å². The van der Waals surface area contributed by atoms with Gasteiger partial charge in [-0.15, -0.1) is 0 Å². The normalized spacial score (nSPS) is 25.8. The van der Waals surface area contributed by atoms with Crippen molar-refractivity contribution in [2.24, 2.45) is 0 Å². The van der Waals surface area contributed by atoms with Crippen LogP contribution in [0.3, 0.4) is 0 Å². The maximum atomic E-state index is 10.9. The van der Waals surface area contributed by atoms with E-state index in [2.05, 4.69) is 0 Å². The Bertz CT molecular complexity index is 227. The lowest BCUT2D eigenvalue weighted by molar-refractivity contribution is -0.118. The molecule has 0 bridgehead atoms. The smallest absolute Gasteiger partial charge is 0.150 e. The highest BCUT2D eigenvalue weighted by Crippen LogP contribution is 2.07. The summed E-state index contributed by atoms with van der Waals surface area (Å²) in [6.45, 7) is 0. The van der Waals surface area contributed by atoms with Gasteiger partial charge >= 0.3 is 0 Å². The van der Waals surface area contributed by atoms with Gasteiger partial charge in [0.05, 0.1) is 11.5 Å². The van der Waals surface area contributed by atoms with Crippen molar-refractivity contribution >= 4 is 15.6 Å². The zero-order valence-corrected chi connectivity index (χ0v) is 6.49. The highest BCUT2D eigenvalue weighted by molar-refractivity contribution is 7.91. The van der Waals surface area contributed by atoms with Gasteiger partial charge in [0, 0.05) is 12.8 Å².